The van der Waals surface area contributed by atoms with Crippen LogP contribution >= 0.6 is 24.0 Å². The van der Waals surface area contributed by atoms with Crippen LogP contribution in [0.5, 0.6) is 0 Å². The van der Waals surface area contributed by atoms with Gasteiger partial charge in [-0.05, 0) is 38.1 Å². The third kappa shape index (κ3) is 4.55. The van der Waals surface area contributed by atoms with Crippen LogP contribution in [0.15, 0.2) is 52.2 Å². The lowest BCUT2D eigenvalue weighted by molar-refractivity contribution is -0.384. The molecule has 2 N–H and O–H groups in total. The number of benzene rings is 1. The second-order valence-electron chi connectivity index (χ2n) is 6.53. The van der Waals surface area contributed by atoms with Gasteiger partial charge in [-0.1, -0.05) is 24.0 Å². The van der Waals surface area contributed by atoms with Gasteiger partial charge in [-0.2, -0.15) is 10.2 Å². The van der Waals surface area contributed by atoms with Gasteiger partial charge in [0.05, 0.1) is 22.1 Å². The van der Waals surface area contributed by atoms with E-state index in [0.29, 0.717) is 15.1 Å². The van der Waals surface area contributed by atoms with E-state index in [1.54, 1.807) is 12.1 Å². The second kappa shape index (κ2) is 8.19. The van der Waals surface area contributed by atoms with E-state index in [2.05, 4.69) is 10.4 Å². The lowest BCUT2D eigenvalue weighted by Crippen LogP contribution is -2.54. The predicted octanol–water partition coefficient (Wildman–Crippen LogP) is 3.88. The van der Waals surface area contributed by atoms with Gasteiger partial charge < -0.3 is 9.73 Å². The predicted molar refractivity (Wildman–Crippen MR) is 112 cm³/mol. The summed E-state index contributed by atoms with van der Waals surface area (Å²) in [5, 5.41) is 30.0. The highest BCUT2D eigenvalue weighted by atomic mass is 32.2. The van der Waals surface area contributed by atoms with Gasteiger partial charge in [0.1, 0.15) is 5.76 Å². The van der Waals surface area contributed by atoms with Crippen molar-refractivity contribution in [2.24, 2.45) is 5.10 Å². The van der Waals surface area contributed by atoms with Crippen LogP contribution < -0.4 is 5.32 Å². The van der Waals surface area contributed by atoms with Crippen molar-refractivity contribution in [3.63, 3.8) is 0 Å². The Balaban J connectivity index is 1.78. The summed E-state index contributed by atoms with van der Waals surface area (Å²) in [6.45, 7) is 3.64. The number of thiocarbonyl (C=S) groups is 1. The number of non-ortho nitro benzene ring substituents is 1. The highest BCUT2D eigenvalue weighted by Crippen LogP contribution is 2.42. The summed E-state index contributed by atoms with van der Waals surface area (Å²) < 4.78 is 4.91. The molecular formula is C17H17N5O5S2. The number of nitro benzene ring substituents is 1. The fourth-order valence-corrected chi connectivity index (χ4v) is 4.46. The van der Waals surface area contributed by atoms with Gasteiger partial charge in [-0.25, -0.2) is 9.80 Å². The van der Waals surface area contributed by atoms with E-state index in [1.165, 1.54) is 53.5 Å². The first-order valence-corrected chi connectivity index (χ1v) is 9.55. The number of hydrazone groups is 1. The highest BCUT2D eigenvalue weighted by Gasteiger charge is 2.50. The lowest BCUT2D eigenvalue weighted by Gasteiger charge is -2.34. The van der Waals surface area contributed by atoms with E-state index in [-0.39, 0.29) is 11.4 Å². The lowest BCUT2D eigenvalue weighted by atomic mass is 10.1. The van der Waals surface area contributed by atoms with Crippen molar-refractivity contribution in [1.29, 1.82) is 0 Å². The molecule has 1 saturated heterocycles. The fourth-order valence-electron chi connectivity index (χ4n) is 2.67. The number of anilines is 1. The smallest absolute Gasteiger partial charge is 0.347 e. The summed E-state index contributed by atoms with van der Waals surface area (Å²) >= 11 is 6.64. The Morgan fingerprint density at radius 1 is 1.45 bits per heavy atom. The number of carbonyl (C=O) groups excluding carboxylic acids is 1. The molecule has 0 saturated carbocycles. The molecule has 29 heavy (non-hydrogen) atoms. The van der Waals surface area contributed by atoms with Gasteiger partial charge in [-0.3, -0.25) is 15.3 Å². The molecule has 152 valence electrons. The topological polar surface area (TPSA) is 124 Å². The molecule has 3 rings (SSSR count). The minimum atomic E-state index is -0.899. The zero-order chi connectivity index (χ0) is 21.2. The van der Waals surface area contributed by atoms with Crippen molar-refractivity contribution in [2.45, 2.75) is 24.8 Å². The van der Waals surface area contributed by atoms with Gasteiger partial charge in [-0.15, -0.1) is 0 Å². The zero-order valence-corrected chi connectivity index (χ0v) is 17.0. The third-order valence-corrected chi connectivity index (χ3v) is 5.55. The summed E-state index contributed by atoms with van der Waals surface area (Å²) in [7, 11) is 0. The molecule has 1 aromatic carbocycles. The number of rotatable bonds is 5. The molecule has 1 aliphatic rings. The Bertz CT molecular complexity index is 946. The molecule has 12 heteroatoms. The third-order valence-electron chi connectivity index (χ3n) is 4.01. The van der Waals surface area contributed by atoms with E-state index in [4.69, 9.17) is 16.6 Å². The normalized spacial score (nSPS) is 18.2. The number of hydrogen-bond acceptors (Lipinski definition) is 8. The maximum absolute atomic E-state index is 12.6. The van der Waals surface area contributed by atoms with E-state index < -0.39 is 21.9 Å². The van der Waals surface area contributed by atoms with Crippen LogP contribution in [0.25, 0.3) is 0 Å². The van der Waals surface area contributed by atoms with Crippen LogP contribution in [0, 0.1) is 10.1 Å². The van der Waals surface area contributed by atoms with Crippen molar-refractivity contribution < 1.29 is 19.3 Å². The minimum Gasteiger partial charge on any atom is -0.463 e. The van der Waals surface area contributed by atoms with Crippen molar-refractivity contribution in [3.8, 4) is 0 Å². The molecule has 2 aromatic rings. The number of hydroxylamine groups is 2. The van der Waals surface area contributed by atoms with Gasteiger partial charge in [0.25, 0.3) is 5.69 Å². The molecule has 1 aliphatic heterocycles. The Hall–Kier alpha value is -2.96. The van der Waals surface area contributed by atoms with Crippen molar-refractivity contribution in [3.05, 3.63) is 58.5 Å². The largest absolute Gasteiger partial charge is 0.463 e. The molecule has 10 nitrogen and oxygen atoms in total. The number of urea groups is 1. The molecule has 2 amide bonds. The van der Waals surface area contributed by atoms with Gasteiger partial charge in [0.15, 0.2) is 10.5 Å². The molecule has 1 atom stereocenters. The molecule has 0 unspecified atom stereocenters. The van der Waals surface area contributed by atoms with Crippen LogP contribution in [-0.2, 0) is 0 Å². The van der Waals surface area contributed by atoms with Gasteiger partial charge in [0, 0.05) is 17.8 Å². The first kappa shape index (κ1) is 20.8. The van der Waals surface area contributed by atoms with E-state index in [1.807, 2.05) is 13.8 Å². The average Bonchev–Trinajstić information content (AvgIpc) is 3.24. The summed E-state index contributed by atoms with van der Waals surface area (Å²) in [5.41, 5.74) is 0.178. The number of carbonyl (C=O) groups is 1. The second-order valence-corrected chi connectivity index (χ2v) is 8.82. The van der Waals surface area contributed by atoms with E-state index in [0.717, 1.165) is 0 Å². The number of nitro groups is 1. The first-order valence-electron chi connectivity index (χ1n) is 8.32. The number of thioether (sulfide) groups is 1. The fraction of sp³-hybridized carbons (Fsp3) is 0.235. The van der Waals surface area contributed by atoms with E-state index >= 15 is 0 Å². The number of amides is 2. The van der Waals surface area contributed by atoms with Crippen LogP contribution in [0.1, 0.15) is 19.6 Å². The van der Waals surface area contributed by atoms with Crippen molar-refractivity contribution in [2.75, 3.05) is 5.32 Å². The monoisotopic (exact) mass is 435 g/mol. The molecule has 0 spiro atoms. The van der Waals surface area contributed by atoms with Crippen LogP contribution in [0.2, 0.25) is 0 Å². The molecule has 1 aromatic heterocycles. The Morgan fingerprint density at radius 3 is 2.72 bits per heavy atom. The highest BCUT2D eigenvalue weighted by molar-refractivity contribution is 8.24. The van der Waals surface area contributed by atoms with Crippen molar-refractivity contribution >= 4 is 51.9 Å². The summed E-state index contributed by atoms with van der Waals surface area (Å²) in [4.78, 5) is 22.8. The SMILES string of the molecule is CC1(C)SC(=S)N(/N=C\c2ccco2)[C@@H]1N(O)C(=O)Nc1ccc([N+](=O)[O-])cc1. The molecule has 2 heterocycles. The zero-order valence-electron chi connectivity index (χ0n) is 15.4. The minimum absolute atomic E-state index is 0.110. The van der Waals surface area contributed by atoms with Crippen LogP contribution in [0.4, 0.5) is 16.2 Å². The molecular weight excluding hydrogens is 418 g/mol. The van der Waals surface area contributed by atoms with E-state index in [9.17, 15) is 20.1 Å². The molecule has 0 radical (unpaired) electrons. The summed E-state index contributed by atoms with van der Waals surface area (Å²) in [5.74, 6) is 0.487. The number of nitrogens with zero attached hydrogens (tertiary/aromatic N) is 4. The van der Waals surface area contributed by atoms with Crippen LogP contribution in [-0.4, -0.2) is 47.7 Å². The molecule has 0 aliphatic carbocycles. The maximum atomic E-state index is 12.6. The average molecular weight is 435 g/mol. The maximum Gasteiger partial charge on any atom is 0.347 e. The first-order chi connectivity index (χ1) is 13.7. The van der Waals surface area contributed by atoms with Crippen LogP contribution in [0.3, 0.4) is 0 Å². The Kier molecular flexibility index (Phi) is 5.86. The quantitative estimate of drug-likeness (QED) is 0.238. The standard InChI is InChI=1S/C17H17N5O5S2/c1-17(2)14(20(16(28)29-17)18-10-13-4-3-9-27-13)21(24)15(23)19-11-5-7-12(8-6-11)22(25)26/h3-10,14,24H,1-2H3,(H,19,23)/b18-10-/t14-/m1/s1. The van der Waals surface area contributed by atoms with Gasteiger partial charge in [0.2, 0.25) is 0 Å². The summed E-state index contributed by atoms with van der Waals surface area (Å²) in [6, 6.07) is 7.82. The molecule has 0 bridgehead atoms. The number of hydrogen-bond donors (Lipinski definition) is 2. The summed E-state index contributed by atoms with van der Waals surface area (Å²) in [6.07, 6.45) is 2.03. The number of furan rings is 1. The Labute approximate surface area is 175 Å². The Morgan fingerprint density at radius 2 is 2.14 bits per heavy atom. The van der Waals surface area contributed by atoms with Crippen molar-refractivity contribution in [1.82, 2.24) is 10.1 Å². The number of nitrogens with one attached hydrogen (secondary N) is 1. The van der Waals surface area contributed by atoms with Gasteiger partial charge >= 0.3 is 6.03 Å². The molecule has 1 fully saturated rings.